The number of hydrogen-bond donors (Lipinski definition) is 1. The van der Waals surface area contributed by atoms with Crippen LogP contribution in [0.4, 0.5) is 0 Å². The van der Waals surface area contributed by atoms with Crippen molar-refractivity contribution in [2.24, 2.45) is 0 Å². The van der Waals surface area contributed by atoms with Crippen molar-refractivity contribution in [1.82, 2.24) is 0 Å². The lowest BCUT2D eigenvalue weighted by Crippen LogP contribution is -2.01. The van der Waals surface area contributed by atoms with E-state index in [0.29, 0.717) is 6.42 Å². The molecule has 2 radical (unpaired) electrons. The normalized spacial score (nSPS) is 9.70. The fourth-order valence-corrected chi connectivity index (χ4v) is 0.813. The fourth-order valence-electron chi connectivity index (χ4n) is 0.813. The molecule has 0 saturated carbocycles. The van der Waals surface area contributed by atoms with Gasteiger partial charge in [-0.15, -0.1) is 0 Å². The van der Waals surface area contributed by atoms with Crippen LogP contribution in [-0.2, 0) is 6.42 Å². The zero-order valence-electron chi connectivity index (χ0n) is 5.75. The monoisotopic (exact) mass is 132 g/mol. The Labute approximate surface area is 62.1 Å². The molecule has 0 aliphatic rings. The van der Waals surface area contributed by atoms with Crippen molar-refractivity contribution < 1.29 is 5.11 Å². The highest BCUT2D eigenvalue weighted by molar-refractivity contribution is 6.32. The molecule has 0 amide bonds. The molecule has 0 spiro atoms. The predicted octanol–water partition coefficient (Wildman–Crippen LogP) is 0.0152. The molecule has 0 atom stereocenters. The van der Waals surface area contributed by atoms with Crippen LogP contribution in [0.3, 0.4) is 0 Å². The van der Waals surface area contributed by atoms with Crippen LogP contribution in [0.2, 0.25) is 0 Å². The molecule has 0 fully saturated rings. The number of aliphatic hydroxyl groups excluding tert-OH is 1. The first kappa shape index (κ1) is 7.35. The van der Waals surface area contributed by atoms with Crippen LogP contribution < -0.4 is 5.46 Å². The van der Waals surface area contributed by atoms with Crippen molar-refractivity contribution in [3.05, 3.63) is 29.8 Å². The molecule has 2 heteroatoms. The molecule has 1 nitrogen and oxygen atoms in total. The summed E-state index contributed by atoms with van der Waals surface area (Å²) >= 11 is 0. The second-order valence-electron chi connectivity index (χ2n) is 2.22. The Bertz CT molecular complexity index is 193. The maximum absolute atomic E-state index is 8.56. The lowest BCUT2D eigenvalue weighted by atomic mass is 9.95. The van der Waals surface area contributed by atoms with E-state index in [9.17, 15) is 0 Å². The average Bonchev–Trinajstić information content (AvgIpc) is 1.95. The third-order valence-corrected chi connectivity index (χ3v) is 1.38. The van der Waals surface area contributed by atoms with Crippen molar-refractivity contribution in [3.63, 3.8) is 0 Å². The Morgan fingerprint density at radius 3 is 2.30 bits per heavy atom. The molecule has 0 saturated heterocycles. The maximum atomic E-state index is 8.56. The van der Waals surface area contributed by atoms with Gasteiger partial charge >= 0.3 is 0 Å². The molecular weight excluding hydrogens is 123 g/mol. The van der Waals surface area contributed by atoms with Gasteiger partial charge in [-0.05, 0) is 12.0 Å². The summed E-state index contributed by atoms with van der Waals surface area (Å²) < 4.78 is 0. The topological polar surface area (TPSA) is 20.2 Å². The van der Waals surface area contributed by atoms with Crippen molar-refractivity contribution >= 4 is 13.3 Å². The quantitative estimate of drug-likeness (QED) is 0.562. The van der Waals surface area contributed by atoms with Crippen LogP contribution in [0, 0.1) is 0 Å². The smallest absolute Gasteiger partial charge is 0.113 e. The number of benzene rings is 1. The summed E-state index contributed by atoms with van der Waals surface area (Å²) in [5.74, 6) is 0. The Morgan fingerprint density at radius 2 is 1.80 bits per heavy atom. The molecule has 50 valence electrons. The first-order valence-electron chi connectivity index (χ1n) is 3.28. The Hall–Kier alpha value is -0.755. The van der Waals surface area contributed by atoms with Gasteiger partial charge in [-0.1, -0.05) is 29.7 Å². The zero-order chi connectivity index (χ0) is 7.40. The van der Waals surface area contributed by atoms with E-state index in [0.717, 1.165) is 11.0 Å². The van der Waals surface area contributed by atoms with Crippen molar-refractivity contribution in [1.29, 1.82) is 0 Å². The molecule has 1 N–H and O–H groups in total. The summed E-state index contributed by atoms with van der Waals surface area (Å²) in [6, 6.07) is 7.52. The van der Waals surface area contributed by atoms with E-state index in [2.05, 4.69) is 0 Å². The number of hydrogen-bond acceptors (Lipinski definition) is 1. The SMILES string of the molecule is [B]c1ccc(CCO)cc1. The fraction of sp³-hybridized carbons (Fsp3) is 0.250. The van der Waals surface area contributed by atoms with Gasteiger partial charge in [-0.25, -0.2) is 0 Å². The second-order valence-corrected chi connectivity index (χ2v) is 2.22. The van der Waals surface area contributed by atoms with E-state index in [1.807, 2.05) is 24.3 Å². The molecule has 0 heterocycles. The van der Waals surface area contributed by atoms with Crippen LogP contribution in [0.15, 0.2) is 24.3 Å². The zero-order valence-corrected chi connectivity index (χ0v) is 5.75. The minimum Gasteiger partial charge on any atom is -0.396 e. The largest absolute Gasteiger partial charge is 0.396 e. The van der Waals surface area contributed by atoms with Crippen LogP contribution in [0.5, 0.6) is 0 Å². The van der Waals surface area contributed by atoms with Gasteiger partial charge in [0.25, 0.3) is 0 Å². The molecule has 0 aliphatic carbocycles. The van der Waals surface area contributed by atoms with Crippen LogP contribution in [-0.4, -0.2) is 19.6 Å². The van der Waals surface area contributed by atoms with Crippen LogP contribution >= 0.6 is 0 Å². The van der Waals surface area contributed by atoms with E-state index in [1.54, 1.807) is 0 Å². The van der Waals surface area contributed by atoms with Gasteiger partial charge in [0, 0.05) is 6.61 Å². The van der Waals surface area contributed by atoms with Crippen molar-refractivity contribution in [2.75, 3.05) is 6.61 Å². The summed E-state index contributed by atoms with van der Waals surface area (Å²) in [4.78, 5) is 0. The third kappa shape index (κ3) is 1.88. The average molecular weight is 132 g/mol. The number of aliphatic hydroxyl groups is 1. The first-order chi connectivity index (χ1) is 4.83. The first-order valence-corrected chi connectivity index (χ1v) is 3.28. The van der Waals surface area contributed by atoms with Gasteiger partial charge in [0.1, 0.15) is 7.85 Å². The van der Waals surface area contributed by atoms with Crippen molar-refractivity contribution in [2.45, 2.75) is 6.42 Å². The molecule has 1 aromatic carbocycles. The van der Waals surface area contributed by atoms with Crippen LogP contribution in [0.1, 0.15) is 5.56 Å². The number of rotatable bonds is 2. The van der Waals surface area contributed by atoms with E-state index < -0.39 is 0 Å². The maximum Gasteiger partial charge on any atom is 0.113 e. The Morgan fingerprint density at radius 1 is 1.20 bits per heavy atom. The van der Waals surface area contributed by atoms with E-state index >= 15 is 0 Å². The highest BCUT2D eigenvalue weighted by Gasteiger charge is 1.88. The predicted molar refractivity (Wildman–Crippen MR) is 42.6 cm³/mol. The van der Waals surface area contributed by atoms with E-state index in [-0.39, 0.29) is 6.61 Å². The molecule has 1 aromatic rings. The molecular formula is C8H9BO. The van der Waals surface area contributed by atoms with Crippen molar-refractivity contribution in [3.8, 4) is 0 Å². The summed E-state index contributed by atoms with van der Waals surface area (Å²) in [5.41, 5.74) is 1.89. The molecule has 0 unspecified atom stereocenters. The summed E-state index contributed by atoms with van der Waals surface area (Å²) in [7, 11) is 5.46. The Balaban J connectivity index is 2.69. The molecule has 10 heavy (non-hydrogen) atoms. The minimum absolute atomic E-state index is 0.198. The lowest BCUT2D eigenvalue weighted by Gasteiger charge is -1.97. The summed E-state index contributed by atoms with van der Waals surface area (Å²) in [6.07, 6.45) is 0.709. The van der Waals surface area contributed by atoms with Gasteiger partial charge < -0.3 is 5.11 Å². The van der Waals surface area contributed by atoms with E-state index in [4.69, 9.17) is 13.0 Å². The van der Waals surface area contributed by atoms with Gasteiger partial charge in [0.05, 0.1) is 0 Å². The molecule has 0 aliphatic heterocycles. The van der Waals surface area contributed by atoms with Gasteiger partial charge in [-0.2, -0.15) is 0 Å². The molecule has 1 rings (SSSR count). The van der Waals surface area contributed by atoms with Crippen LogP contribution in [0.25, 0.3) is 0 Å². The summed E-state index contributed by atoms with van der Waals surface area (Å²) in [6.45, 7) is 0.198. The van der Waals surface area contributed by atoms with Gasteiger partial charge in [-0.3, -0.25) is 0 Å². The third-order valence-electron chi connectivity index (χ3n) is 1.38. The summed E-state index contributed by atoms with van der Waals surface area (Å²) in [5, 5.41) is 8.56. The molecule has 0 bridgehead atoms. The highest BCUT2D eigenvalue weighted by Crippen LogP contribution is 1.95. The van der Waals surface area contributed by atoms with Gasteiger partial charge in [0.15, 0.2) is 0 Å². The standard InChI is InChI=1S/C8H9BO/c9-8-3-1-7(2-4-8)5-6-10/h1-4,10H,5-6H2. The van der Waals surface area contributed by atoms with Gasteiger partial charge in [0.2, 0.25) is 0 Å². The Kier molecular flexibility index (Phi) is 2.52. The lowest BCUT2D eigenvalue weighted by molar-refractivity contribution is 0.299. The second kappa shape index (κ2) is 3.42. The molecule has 0 aromatic heterocycles. The minimum atomic E-state index is 0.198. The highest BCUT2D eigenvalue weighted by atomic mass is 16.2. The van der Waals surface area contributed by atoms with E-state index in [1.165, 1.54) is 0 Å².